The Kier molecular flexibility index (Phi) is 6.38. The number of hydrogen-bond donors (Lipinski definition) is 5. The van der Waals surface area contributed by atoms with Gasteiger partial charge in [-0.05, 0) is 13.0 Å². The van der Waals surface area contributed by atoms with Crippen molar-refractivity contribution in [2.45, 2.75) is 19.1 Å². The fourth-order valence-electron chi connectivity index (χ4n) is 1.73. The van der Waals surface area contributed by atoms with Crippen LogP contribution < -0.4 is 16.4 Å². The molecule has 1 rings (SSSR count). The first-order valence-electron chi connectivity index (χ1n) is 6.72. The van der Waals surface area contributed by atoms with Crippen LogP contribution >= 0.6 is 0 Å². The van der Waals surface area contributed by atoms with E-state index in [1.807, 2.05) is 0 Å². The molecule has 0 bridgehead atoms. The molecule has 1 amide bonds. The van der Waals surface area contributed by atoms with Gasteiger partial charge in [0.1, 0.15) is 17.4 Å². The highest BCUT2D eigenvalue weighted by Gasteiger charge is 2.26. The molecular weight excluding hydrogens is 326 g/mol. The molecule has 0 fully saturated rings. The molecule has 24 heavy (non-hydrogen) atoms. The van der Waals surface area contributed by atoms with Gasteiger partial charge in [-0.25, -0.2) is 0 Å². The number of rotatable bonds is 9. The summed E-state index contributed by atoms with van der Waals surface area (Å²) in [5.74, 6) is -0.770. The van der Waals surface area contributed by atoms with Crippen LogP contribution in [0.2, 0.25) is 0 Å². The number of anilines is 2. The molecule has 1 aromatic carbocycles. The van der Waals surface area contributed by atoms with Gasteiger partial charge in [-0.2, -0.15) is 0 Å². The van der Waals surface area contributed by atoms with Gasteiger partial charge < -0.3 is 26.6 Å². The fraction of sp³-hybridized carbons (Fsp3) is 0.417. The molecule has 0 unspecified atom stereocenters. The molecule has 0 aromatic heterocycles. The minimum absolute atomic E-state index is 0.128. The van der Waals surface area contributed by atoms with E-state index in [2.05, 4.69) is 10.6 Å². The lowest BCUT2D eigenvalue weighted by atomic mass is 10.1. The Morgan fingerprint density at radius 2 is 1.79 bits per heavy atom. The number of nitrogens with two attached hydrogens (primary N) is 1. The molecule has 132 valence electrons. The number of nitro groups is 2. The predicted octanol–water partition coefficient (Wildman–Crippen LogP) is -0.446. The number of nitrogens with zero attached hydrogens (tertiary/aromatic N) is 2. The van der Waals surface area contributed by atoms with Gasteiger partial charge in [0.05, 0.1) is 28.6 Å². The van der Waals surface area contributed by atoms with Crippen molar-refractivity contribution in [1.29, 1.82) is 0 Å². The Balaban J connectivity index is 3.31. The number of nitrogens with one attached hydrogen (secondary N) is 2. The van der Waals surface area contributed by atoms with Crippen molar-refractivity contribution in [2.75, 3.05) is 23.8 Å². The first kappa shape index (κ1) is 19.1. The Labute approximate surface area is 135 Å². The Morgan fingerprint density at radius 1 is 1.25 bits per heavy atom. The van der Waals surface area contributed by atoms with Gasteiger partial charge >= 0.3 is 0 Å². The van der Waals surface area contributed by atoms with Crippen molar-refractivity contribution in [3.63, 3.8) is 0 Å². The monoisotopic (exact) mass is 343 g/mol. The highest BCUT2D eigenvalue weighted by atomic mass is 16.6. The molecule has 1 aromatic rings. The van der Waals surface area contributed by atoms with Crippen molar-refractivity contribution < 1.29 is 24.9 Å². The van der Waals surface area contributed by atoms with E-state index in [1.54, 1.807) is 0 Å². The highest BCUT2D eigenvalue weighted by Crippen LogP contribution is 2.36. The Hall–Kier alpha value is -2.99. The third kappa shape index (κ3) is 4.76. The van der Waals surface area contributed by atoms with Crippen LogP contribution in [0.15, 0.2) is 12.1 Å². The van der Waals surface area contributed by atoms with Crippen molar-refractivity contribution >= 4 is 28.7 Å². The second kappa shape index (κ2) is 8.03. The molecule has 12 nitrogen and oxygen atoms in total. The number of nitro benzene ring substituents is 2. The lowest BCUT2D eigenvalue weighted by molar-refractivity contribution is -0.393. The smallest absolute Gasteiger partial charge is 0.299 e. The van der Waals surface area contributed by atoms with Gasteiger partial charge in [0.2, 0.25) is 5.91 Å². The Morgan fingerprint density at radius 3 is 2.25 bits per heavy atom. The number of hydrogen-bond acceptors (Lipinski definition) is 9. The second-order valence-electron chi connectivity index (χ2n) is 4.89. The third-order valence-corrected chi connectivity index (χ3v) is 3.05. The summed E-state index contributed by atoms with van der Waals surface area (Å²) in [6.07, 6.45) is -1.18. The molecular formula is C12H17N5O7. The molecule has 0 spiro atoms. The maximum Gasteiger partial charge on any atom is 0.299 e. The van der Waals surface area contributed by atoms with Crippen molar-refractivity contribution in [3.8, 4) is 0 Å². The number of primary amides is 1. The predicted molar refractivity (Wildman–Crippen MR) is 83.6 cm³/mol. The summed E-state index contributed by atoms with van der Waals surface area (Å²) in [5.41, 5.74) is 3.60. The van der Waals surface area contributed by atoms with Gasteiger partial charge in [0, 0.05) is 6.54 Å². The zero-order valence-electron chi connectivity index (χ0n) is 12.6. The van der Waals surface area contributed by atoms with E-state index in [0.717, 1.165) is 12.1 Å². The summed E-state index contributed by atoms with van der Waals surface area (Å²) in [5, 5.41) is 45.3. The minimum atomic E-state index is -1.18. The summed E-state index contributed by atoms with van der Waals surface area (Å²) in [6, 6.07) is 0.838. The molecule has 0 aliphatic heterocycles. The van der Waals surface area contributed by atoms with Gasteiger partial charge in [-0.15, -0.1) is 0 Å². The van der Waals surface area contributed by atoms with Crippen molar-refractivity contribution in [3.05, 3.63) is 32.4 Å². The molecule has 6 N–H and O–H groups in total. The van der Waals surface area contributed by atoms with Crippen LogP contribution in [0.5, 0.6) is 0 Å². The number of carbonyl (C=O) groups excluding carboxylic acids is 1. The lowest BCUT2D eigenvalue weighted by Crippen LogP contribution is -2.32. The van der Waals surface area contributed by atoms with Crippen molar-refractivity contribution in [2.24, 2.45) is 5.73 Å². The molecule has 12 heteroatoms. The molecule has 0 heterocycles. The topological polar surface area (TPSA) is 194 Å². The largest absolute Gasteiger partial charge is 0.394 e. The van der Waals surface area contributed by atoms with Crippen LogP contribution in [-0.4, -0.2) is 51.3 Å². The van der Waals surface area contributed by atoms with Gasteiger partial charge in [-0.3, -0.25) is 25.0 Å². The Bertz CT molecular complexity index is 651. The highest BCUT2D eigenvalue weighted by molar-refractivity contribution is 5.85. The number of carbonyl (C=O) groups is 1. The summed E-state index contributed by atoms with van der Waals surface area (Å²) in [6.45, 7) is 0.577. The van der Waals surface area contributed by atoms with E-state index < -0.39 is 45.9 Å². The van der Waals surface area contributed by atoms with Crippen LogP contribution in [0.25, 0.3) is 0 Å². The van der Waals surface area contributed by atoms with Gasteiger partial charge in [0.15, 0.2) is 0 Å². The molecule has 0 radical (unpaired) electrons. The maximum atomic E-state index is 11.1. The standard InChI is InChI=1S/C12H17N5O7/c1-6(12(13)20)15-9-2-8(14-4-7(19)5-18)10(16(21)22)3-11(9)17(23)24/h2-3,6-7,14-15,18-19H,4-5H2,1H3,(H2,13,20)/t6-,7-/m0/s1. The first-order valence-corrected chi connectivity index (χ1v) is 6.72. The fourth-order valence-corrected chi connectivity index (χ4v) is 1.73. The first-order chi connectivity index (χ1) is 11.2. The van der Waals surface area contributed by atoms with E-state index in [9.17, 15) is 30.1 Å². The minimum Gasteiger partial charge on any atom is -0.394 e. The normalized spacial score (nSPS) is 13.0. The summed E-state index contributed by atoms with van der Waals surface area (Å²) in [7, 11) is 0. The number of amides is 1. The van der Waals surface area contributed by atoms with Gasteiger partial charge in [-0.1, -0.05) is 0 Å². The van der Waals surface area contributed by atoms with E-state index in [1.165, 1.54) is 6.92 Å². The second-order valence-corrected chi connectivity index (χ2v) is 4.89. The summed E-state index contributed by atoms with van der Waals surface area (Å²) >= 11 is 0. The van der Waals surface area contributed by atoms with Crippen LogP contribution in [0.4, 0.5) is 22.7 Å². The molecule has 2 atom stereocenters. The SMILES string of the molecule is C[C@H](Nc1cc(NC[C@H](O)CO)c([N+](=O)[O-])cc1[N+](=O)[O-])C(N)=O. The van der Waals surface area contributed by atoms with Crippen molar-refractivity contribution in [1.82, 2.24) is 0 Å². The van der Waals surface area contributed by atoms with E-state index in [4.69, 9.17) is 10.8 Å². The third-order valence-electron chi connectivity index (χ3n) is 3.05. The van der Waals surface area contributed by atoms with Crippen LogP contribution in [-0.2, 0) is 4.79 Å². The lowest BCUT2D eigenvalue weighted by Gasteiger charge is -2.15. The molecule has 0 saturated carbocycles. The quantitative estimate of drug-likeness (QED) is 0.291. The maximum absolute atomic E-state index is 11.1. The van der Waals surface area contributed by atoms with Crippen LogP contribution in [0.3, 0.4) is 0 Å². The zero-order valence-corrected chi connectivity index (χ0v) is 12.6. The molecule has 0 saturated heterocycles. The number of benzene rings is 1. The summed E-state index contributed by atoms with van der Waals surface area (Å²) < 4.78 is 0. The average molecular weight is 343 g/mol. The average Bonchev–Trinajstić information content (AvgIpc) is 2.51. The van der Waals surface area contributed by atoms with Gasteiger partial charge in [0.25, 0.3) is 11.4 Å². The molecule has 0 aliphatic rings. The van der Waals surface area contributed by atoms with Crippen LogP contribution in [0, 0.1) is 20.2 Å². The van der Waals surface area contributed by atoms with E-state index in [-0.39, 0.29) is 17.9 Å². The summed E-state index contributed by atoms with van der Waals surface area (Å²) in [4.78, 5) is 31.6. The van der Waals surface area contributed by atoms with E-state index >= 15 is 0 Å². The molecule has 0 aliphatic carbocycles. The van der Waals surface area contributed by atoms with E-state index in [0.29, 0.717) is 0 Å². The zero-order chi connectivity index (χ0) is 18.4. The number of aliphatic hydroxyl groups is 2. The number of aliphatic hydroxyl groups excluding tert-OH is 2. The van der Waals surface area contributed by atoms with Crippen LogP contribution in [0.1, 0.15) is 6.92 Å².